The Bertz CT molecular complexity index is 366. The van der Waals surface area contributed by atoms with E-state index >= 15 is 0 Å². The van der Waals surface area contributed by atoms with E-state index in [9.17, 15) is 5.11 Å². The van der Waals surface area contributed by atoms with E-state index in [4.69, 9.17) is 4.42 Å². The zero-order valence-electron chi connectivity index (χ0n) is 10.9. The largest absolute Gasteiger partial charge is 0.472 e. The van der Waals surface area contributed by atoms with Gasteiger partial charge in [-0.15, -0.1) is 0 Å². The second-order valence-corrected chi connectivity index (χ2v) is 4.92. The number of hydrogen-bond donors (Lipinski definition) is 1. The minimum Gasteiger partial charge on any atom is -0.472 e. The molecule has 2 heteroatoms. The molecule has 1 aromatic rings. The Morgan fingerprint density at radius 3 is 2.82 bits per heavy atom. The maximum absolute atomic E-state index is 10.1. The van der Waals surface area contributed by atoms with Crippen molar-refractivity contribution in [2.75, 3.05) is 0 Å². The Hall–Kier alpha value is -1.28. The van der Waals surface area contributed by atoms with Gasteiger partial charge in [-0.1, -0.05) is 23.8 Å². The fourth-order valence-electron chi connectivity index (χ4n) is 1.59. The number of allylic oxidation sites excluding steroid dienone is 3. The summed E-state index contributed by atoms with van der Waals surface area (Å²) < 4.78 is 4.98. The molecule has 0 aliphatic heterocycles. The standard InChI is InChI=1S/C15H22O2/c1-13(2)6-4-9-15(3,16)10-5-7-14-8-11-17-12-14/h5-6,8,10-12,16H,4,7,9H2,1-3H3/b10-5+. The maximum atomic E-state index is 10.1. The van der Waals surface area contributed by atoms with Gasteiger partial charge >= 0.3 is 0 Å². The van der Waals surface area contributed by atoms with Crippen molar-refractivity contribution in [1.29, 1.82) is 0 Å². The molecular formula is C15H22O2. The average Bonchev–Trinajstić information content (AvgIpc) is 2.69. The highest BCUT2D eigenvalue weighted by molar-refractivity contribution is 5.12. The number of aliphatic hydroxyl groups is 1. The molecule has 0 aliphatic rings. The highest BCUT2D eigenvalue weighted by Crippen LogP contribution is 2.15. The molecule has 1 atom stereocenters. The van der Waals surface area contributed by atoms with Crippen molar-refractivity contribution in [3.8, 4) is 0 Å². The van der Waals surface area contributed by atoms with Crippen molar-refractivity contribution < 1.29 is 9.52 Å². The van der Waals surface area contributed by atoms with Crippen molar-refractivity contribution in [1.82, 2.24) is 0 Å². The Morgan fingerprint density at radius 1 is 1.47 bits per heavy atom. The molecule has 2 nitrogen and oxygen atoms in total. The van der Waals surface area contributed by atoms with E-state index in [1.807, 2.05) is 25.1 Å². The number of rotatable bonds is 6. The van der Waals surface area contributed by atoms with Crippen molar-refractivity contribution in [3.63, 3.8) is 0 Å². The fraction of sp³-hybridized carbons (Fsp3) is 0.467. The molecule has 0 aromatic carbocycles. The molecule has 1 aromatic heterocycles. The molecule has 0 saturated carbocycles. The Labute approximate surface area is 104 Å². The quantitative estimate of drug-likeness (QED) is 0.758. The molecule has 0 bridgehead atoms. The molecule has 17 heavy (non-hydrogen) atoms. The molecule has 1 unspecified atom stereocenters. The lowest BCUT2D eigenvalue weighted by atomic mass is 9.98. The summed E-state index contributed by atoms with van der Waals surface area (Å²) in [5.41, 5.74) is 1.69. The van der Waals surface area contributed by atoms with E-state index in [1.54, 1.807) is 12.5 Å². The van der Waals surface area contributed by atoms with Gasteiger partial charge in [0.1, 0.15) is 0 Å². The van der Waals surface area contributed by atoms with Gasteiger partial charge in [0, 0.05) is 0 Å². The summed E-state index contributed by atoms with van der Waals surface area (Å²) in [6, 6.07) is 1.93. The highest BCUT2D eigenvalue weighted by atomic mass is 16.3. The van der Waals surface area contributed by atoms with Gasteiger partial charge in [-0.3, -0.25) is 0 Å². The lowest BCUT2D eigenvalue weighted by Gasteiger charge is -2.17. The summed E-state index contributed by atoms with van der Waals surface area (Å²) in [4.78, 5) is 0. The third-order valence-corrected chi connectivity index (χ3v) is 2.61. The van der Waals surface area contributed by atoms with Gasteiger partial charge in [-0.2, -0.15) is 0 Å². The predicted molar refractivity (Wildman–Crippen MR) is 70.8 cm³/mol. The van der Waals surface area contributed by atoms with Crippen LogP contribution in [0.3, 0.4) is 0 Å². The minimum absolute atomic E-state index is 0.727. The second-order valence-electron chi connectivity index (χ2n) is 4.92. The van der Waals surface area contributed by atoms with Crippen molar-refractivity contribution in [2.24, 2.45) is 0 Å². The predicted octanol–water partition coefficient (Wildman–Crippen LogP) is 3.88. The van der Waals surface area contributed by atoms with E-state index in [2.05, 4.69) is 19.9 Å². The third-order valence-electron chi connectivity index (χ3n) is 2.61. The van der Waals surface area contributed by atoms with Crippen LogP contribution in [0.5, 0.6) is 0 Å². The van der Waals surface area contributed by atoms with Gasteiger partial charge in [-0.05, 0) is 51.7 Å². The Morgan fingerprint density at radius 2 is 2.24 bits per heavy atom. The monoisotopic (exact) mass is 234 g/mol. The van der Waals surface area contributed by atoms with Gasteiger partial charge in [0.05, 0.1) is 18.1 Å². The zero-order chi connectivity index (χ0) is 12.7. The van der Waals surface area contributed by atoms with Gasteiger partial charge in [0.25, 0.3) is 0 Å². The van der Waals surface area contributed by atoms with Crippen LogP contribution < -0.4 is 0 Å². The van der Waals surface area contributed by atoms with E-state index in [0.717, 1.165) is 24.8 Å². The van der Waals surface area contributed by atoms with Gasteiger partial charge < -0.3 is 9.52 Å². The lowest BCUT2D eigenvalue weighted by Crippen LogP contribution is -2.20. The van der Waals surface area contributed by atoms with Crippen LogP contribution in [0.25, 0.3) is 0 Å². The molecule has 0 aliphatic carbocycles. The summed E-state index contributed by atoms with van der Waals surface area (Å²) in [7, 11) is 0. The molecule has 0 saturated heterocycles. The van der Waals surface area contributed by atoms with E-state index in [0.29, 0.717) is 0 Å². The highest BCUT2D eigenvalue weighted by Gasteiger charge is 2.14. The molecule has 0 amide bonds. The fourth-order valence-corrected chi connectivity index (χ4v) is 1.59. The summed E-state index contributed by atoms with van der Waals surface area (Å²) in [6.45, 7) is 5.99. The maximum Gasteiger partial charge on any atom is 0.0937 e. The van der Waals surface area contributed by atoms with Crippen molar-refractivity contribution in [3.05, 3.63) is 48.0 Å². The SMILES string of the molecule is CC(C)=CCCC(C)(O)/C=C/Cc1ccoc1. The third kappa shape index (κ3) is 6.12. The summed E-state index contributed by atoms with van der Waals surface area (Å²) >= 11 is 0. The van der Waals surface area contributed by atoms with E-state index in [1.165, 1.54) is 5.57 Å². The first-order valence-electron chi connectivity index (χ1n) is 6.04. The van der Waals surface area contributed by atoms with Crippen LogP contribution in [-0.2, 0) is 6.42 Å². The molecule has 0 radical (unpaired) electrons. The molecule has 1 rings (SSSR count). The average molecular weight is 234 g/mol. The van der Waals surface area contributed by atoms with E-state index < -0.39 is 5.60 Å². The Kier molecular flexibility index (Phi) is 5.23. The zero-order valence-corrected chi connectivity index (χ0v) is 10.9. The normalized spacial score (nSPS) is 14.8. The molecule has 1 N–H and O–H groups in total. The molecular weight excluding hydrogens is 212 g/mol. The summed E-state index contributed by atoms with van der Waals surface area (Å²) in [5, 5.41) is 10.1. The Balaban J connectivity index is 2.37. The van der Waals surface area contributed by atoms with Gasteiger partial charge in [0.2, 0.25) is 0 Å². The van der Waals surface area contributed by atoms with Crippen molar-refractivity contribution >= 4 is 0 Å². The molecule has 0 fully saturated rings. The van der Waals surface area contributed by atoms with Crippen LogP contribution >= 0.6 is 0 Å². The molecule has 1 heterocycles. The smallest absolute Gasteiger partial charge is 0.0937 e. The van der Waals surface area contributed by atoms with Crippen LogP contribution in [-0.4, -0.2) is 10.7 Å². The number of hydrogen-bond acceptors (Lipinski definition) is 2. The van der Waals surface area contributed by atoms with Gasteiger partial charge in [-0.25, -0.2) is 0 Å². The molecule has 0 spiro atoms. The van der Waals surface area contributed by atoms with Crippen LogP contribution in [0, 0.1) is 0 Å². The summed E-state index contributed by atoms with van der Waals surface area (Å²) in [5.74, 6) is 0. The van der Waals surface area contributed by atoms with Crippen LogP contribution in [0.2, 0.25) is 0 Å². The lowest BCUT2D eigenvalue weighted by molar-refractivity contribution is 0.103. The van der Waals surface area contributed by atoms with E-state index in [-0.39, 0.29) is 0 Å². The topological polar surface area (TPSA) is 33.4 Å². The van der Waals surface area contributed by atoms with Crippen LogP contribution in [0.4, 0.5) is 0 Å². The summed E-state index contributed by atoms with van der Waals surface area (Å²) in [6.07, 6.45) is 11.9. The van der Waals surface area contributed by atoms with Crippen LogP contribution in [0.1, 0.15) is 39.2 Å². The number of furan rings is 1. The molecule has 94 valence electrons. The van der Waals surface area contributed by atoms with Crippen molar-refractivity contribution in [2.45, 2.75) is 45.6 Å². The first kappa shape index (κ1) is 13.8. The minimum atomic E-state index is -0.727. The second kappa shape index (κ2) is 6.45. The first-order chi connectivity index (χ1) is 7.99. The first-order valence-corrected chi connectivity index (χ1v) is 6.04. The van der Waals surface area contributed by atoms with Crippen LogP contribution in [0.15, 0.2) is 46.8 Å². The van der Waals surface area contributed by atoms with Gasteiger partial charge in [0.15, 0.2) is 0 Å².